The van der Waals surface area contributed by atoms with Gasteiger partial charge in [0.2, 0.25) is 0 Å². The van der Waals surface area contributed by atoms with Crippen molar-refractivity contribution in [3.63, 3.8) is 0 Å². The van der Waals surface area contributed by atoms with Crippen molar-refractivity contribution in [2.45, 2.75) is 6.92 Å². The van der Waals surface area contributed by atoms with Crippen molar-refractivity contribution in [3.8, 4) is 0 Å². The van der Waals surface area contributed by atoms with Crippen LogP contribution in [-0.2, 0) is 7.05 Å². The maximum Gasteiger partial charge on any atom is 0.341 e. The van der Waals surface area contributed by atoms with Gasteiger partial charge in [-0.25, -0.2) is 4.79 Å². The summed E-state index contributed by atoms with van der Waals surface area (Å²) in [6, 6.07) is 0. The molecule has 17 heavy (non-hydrogen) atoms. The number of rotatable bonds is 5. The molecule has 0 fully saturated rings. The quantitative estimate of drug-likeness (QED) is 0.808. The van der Waals surface area contributed by atoms with Crippen LogP contribution < -0.4 is 4.90 Å². The van der Waals surface area contributed by atoms with Gasteiger partial charge in [0.25, 0.3) is 0 Å². The highest BCUT2D eigenvalue weighted by Gasteiger charge is 2.22. The number of nitrogens with zero attached hydrogens (tertiary/aromatic N) is 4. The monoisotopic (exact) mass is 240 g/mol. The summed E-state index contributed by atoms with van der Waals surface area (Å²) in [5, 5.41) is 13.4. The minimum atomic E-state index is -0.928. The summed E-state index contributed by atoms with van der Waals surface area (Å²) >= 11 is 0. The van der Waals surface area contributed by atoms with Crippen LogP contribution >= 0.6 is 0 Å². The van der Waals surface area contributed by atoms with Crippen molar-refractivity contribution in [1.82, 2.24) is 14.7 Å². The summed E-state index contributed by atoms with van der Waals surface area (Å²) in [7, 11) is 7.62. The third-order valence-electron chi connectivity index (χ3n) is 2.65. The Hall–Kier alpha value is -1.56. The first-order valence-corrected chi connectivity index (χ1v) is 5.47. The average Bonchev–Trinajstić information content (AvgIpc) is 2.49. The van der Waals surface area contributed by atoms with Crippen molar-refractivity contribution in [2.75, 3.05) is 39.1 Å². The van der Waals surface area contributed by atoms with E-state index >= 15 is 0 Å². The SMILES string of the molecule is Cc1nn(C)c(N(C)CCN(C)C)c1C(=O)O. The molecule has 0 aromatic carbocycles. The second kappa shape index (κ2) is 5.18. The van der Waals surface area contributed by atoms with Crippen LogP contribution in [0.1, 0.15) is 16.1 Å². The normalized spacial score (nSPS) is 10.9. The smallest absolute Gasteiger partial charge is 0.341 e. The zero-order valence-electron chi connectivity index (χ0n) is 11.1. The number of hydrogen-bond donors (Lipinski definition) is 1. The van der Waals surface area contributed by atoms with Crippen LogP contribution in [0.25, 0.3) is 0 Å². The highest BCUT2D eigenvalue weighted by atomic mass is 16.4. The van der Waals surface area contributed by atoms with Gasteiger partial charge in [0.15, 0.2) is 0 Å². The fraction of sp³-hybridized carbons (Fsp3) is 0.636. The van der Waals surface area contributed by atoms with E-state index in [9.17, 15) is 9.90 Å². The molecule has 0 saturated carbocycles. The van der Waals surface area contributed by atoms with Crippen LogP contribution in [0, 0.1) is 6.92 Å². The highest BCUT2D eigenvalue weighted by Crippen LogP contribution is 2.21. The van der Waals surface area contributed by atoms with E-state index in [1.165, 1.54) is 0 Å². The minimum absolute atomic E-state index is 0.286. The van der Waals surface area contributed by atoms with Crippen molar-refractivity contribution in [3.05, 3.63) is 11.3 Å². The summed E-state index contributed by atoms with van der Waals surface area (Å²) in [5.41, 5.74) is 0.834. The van der Waals surface area contributed by atoms with E-state index in [1.807, 2.05) is 26.0 Å². The lowest BCUT2D eigenvalue weighted by Gasteiger charge is -2.22. The van der Waals surface area contributed by atoms with Crippen molar-refractivity contribution in [1.29, 1.82) is 0 Å². The number of aromatic nitrogens is 2. The first kappa shape index (κ1) is 13.5. The van der Waals surface area contributed by atoms with E-state index < -0.39 is 5.97 Å². The van der Waals surface area contributed by atoms with Crippen molar-refractivity contribution < 1.29 is 9.90 Å². The molecular formula is C11H20N4O2. The summed E-state index contributed by atoms with van der Waals surface area (Å²) in [4.78, 5) is 15.2. The largest absolute Gasteiger partial charge is 0.477 e. The van der Waals surface area contributed by atoms with E-state index in [0.717, 1.165) is 13.1 Å². The van der Waals surface area contributed by atoms with Gasteiger partial charge in [-0.2, -0.15) is 5.10 Å². The molecule has 6 heteroatoms. The molecule has 96 valence electrons. The second-order valence-corrected chi connectivity index (χ2v) is 4.44. The van der Waals surface area contributed by atoms with Gasteiger partial charge in [0.1, 0.15) is 11.4 Å². The zero-order chi connectivity index (χ0) is 13.2. The lowest BCUT2D eigenvalue weighted by molar-refractivity contribution is 0.0696. The van der Waals surface area contributed by atoms with Crippen LogP contribution in [-0.4, -0.2) is 60.0 Å². The third-order valence-corrected chi connectivity index (χ3v) is 2.65. The number of anilines is 1. The minimum Gasteiger partial charge on any atom is -0.477 e. The van der Waals surface area contributed by atoms with E-state index in [0.29, 0.717) is 11.5 Å². The molecular weight excluding hydrogens is 220 g/mol. The molecule has 0 atom stereocenters. The standard InChI is InChI=1S/C11H20N4O2/c1-8-9(11(16)17)10(15(5)12-8)14(4)7-6-13(2)3/h6-7H2,1-5H3,(H,16,17). The molecule has 0 saturated heterocycles. The van der Waals surface area contributed by atoms with Gasteiger partial charge < -0.3 is 14.9 Å². The number of likely N-dealkylation sites (N-methyl/N-ethyl adjacent to an activating group) is 2. The molecule has 1 rings (SSSR count). The van der Waals surface area contributed by atoms with Gasteiger partial charge in [-0.15, -0.1) is 0 Å². The van der Waals surface area contributed by atoms with E-state index in [1.54, 1.807) is 18.7 Å². The van der Waals surface area contributed by atoms with Gasteiger partial charge in [-0.05, 0) is 21.0 Å². The van der Waals surface area contributed by atoms with Crippen LogP contribution in [0.15, 0.2) is 0 Å². The fourth-order valence-electron chi connectivity index (χ4n) is 1.79. The van der Waals surface area contributed by atoms with E-state index in [4.69, 9.17) is 0 Å². The Morgan fingerprint density at radius 3 is 2.41 bits per heavy atom. The second-order valence-electron chi connectivity index (χ2n) is 4.44. The molecule has 0 unspecified atom stereocenters. The molecule has 1 aromatic rings. The molecule has 0 spiro atoms. The molecule has 0 amide bonds. The molecule has 1 heterocycles. The molecule has 0 bridgehead atoms. The van der Waals surface area contributed by atoms with Gasteiger partial charge in [0.05, 0.1) is 5.69 Å². The topological polar surface area (TPSA) is 61.6 Å². The van der Waals surface area contributed by atoms with Crippen molar-refractivity contribution >= 4 is 11.8 Å². The Morgan fingerprint density at radius 2 is 1.94 bits per heavy atom. The number of carboxylic acid groups (broad SMARTS) is 1. The Bertz CT molecular complexity index is 412. The Kier molecular flexibility index (Phi) is 4.11. The number of hydrogen-bond acceptors (Lipinski definition) is 4. The molecule has 0 aliphatic heterocycles. The van der Waals surface area contributed by atoms with Crippen LogP contribution in [0.2, 0.25) is 0 Å². The fourth-order valence-corrected chi connectivity index (χ4v) is 1.79. The molecule has 1 N–H and O–H groups in total. The number of aromatic carboxylic acids is 1. The lowest BCUT2D eigenvalue weighted by atomic mass is 10.2. The van der Waals surface area contributed by atoms with Crippen LogP contribution in [0.4, 0.5) is 5.82 Å². The summed E-state index contributed by atoms with van der Waals surface area (Å²) in [6.45, 7) is 3.33. The van der Waals surface area contributed by atoms with Crippen molar-refractivity contribution in [2.24, 2.45) is 7.05 Å². The molecule has 0 radical (unpaired) electrons. The summed E-state index contributed by atoms with van der Waals surface area (Å²) in [5.74, 6) is -0.279. The van der Waals surface area contributed by atoms with E-state index in [2.05, 4.69) is 10.00 Å². The molecule has 6 nitrogen and oxygen atoms in total. The predicted molar refractivity (Wildman–Crippen MR) is 66.7 cm³/mol. The van der Waals surface area contributed by atoms with Gasteiger partial charge in [-0.3, -0.25) is 4.68 Å². The Labute approximate surface area is 101 Å². The maximum atomic E-state index is 11.2. The van der Waals surface area contributed by atoms with Crippen LogP contribution in [0.5, 0.6) is 0 Å². The molecule has 0 aliphatic carbocycles. The first-order chi connectivity index (χ1) is 7.84. The number of carbonyl (C=O) groups is 1. The van der Waals surface area contributed by atoms with Gasteiger partial charge in [0, 0.05) is 27.2 Å². The Balaban J connectivity index is 2.99. The highest BCUT2D eigenvalue weighted by molar-refractivity contribution is 5.94. The third kappa shape index (κ3) is 2.97. The van der Waals surface area contributed by atoms with Gasteiger partial charge in [-0.1, -0.05) is 0 Å². The average molecular weight is 240 g/mol. The van der Waals surface area contributed by atoms with Gasteiger partial charge >= 0.3 is 5.97 Å². The molecule has 1 aromatic heterocycles. The van der Waals surface area contributed by atoms with E-state index in [-0.39, 0.29) is 5.56 Å². The molecule has 0 aliphatic rings. The maximum absolute atomic E-state index is 11.2. The number of aryl methyl sites for hydroxylation is 2. The number of carboxylic acids is 1. The lowest BCUT2D eigenvalue weighted by Crippen LogP contribution is -2.30. The Morgan fingerprint density at radius 1 is 1.35 bits per heavy atom. The van der Waals surface area contributed by atoms with Crippen LogP contribution in [0.3, 0.4) is 0 Å². The summed E-state index contributed by atoms with van der Waals surface area (Å²) < 4.78 is 1.62. The zero-order valence-corrected chi connectivity index (χ0v) is 11.1. The predicted octanol–water partition coefficient (Wildman–Crippen LogP) is 0.425. The summed E-state index contributed by atoms with van der Waals surface area (Å²) in [6.07, 6.45) is 0. The first-order valence-electron chi connectivity index (χ1n) is 5.47.